The lowest BCUT2D eigenvalue weighted by Gasteiger charge is -2.06. The highest BCUT2D eigenvalue weighted by atomic mass is 32.1. The highest BCUT2D eigenvalue weighted by Gasteiger charge is 2.14. The van der Waals surface area contributed by atoms with Crippen molar-refractivity contribution in [3.05, 3.63) is 52.8 Å². The molecule has 0 N–H and O–H groups in total. The quantitative estimate of drug-likeness (QED) is 0.554. The van der Waals surface area contributed by atoms with E-state index in [1.54, 1.807) is 35.8 Å². The van der Waals surface area contributed by atoms with Crippen molar-refractivity contribution in [1.82, 2.24) is 4.57 Å². The molecule has 1 amide bonds. The highest BCUT2D eigenvalue weighted by molar-refractivity contribution is 7.16. The van der Waals surface area contributed by atoms with E-state index >= 15 is 0 Å². The summed E-state index contributed by atoms with van der Waals surface area (Å²) in [7, 11) is 1.54. The van der Waals surface area contributed by atoms with E-state index in [2.05, 4.69) is 4.99 Å². The molecule has 2 aromatic carbocycles. The Balaban J connectivity index is 2.09. The summed E-state index contributed by atoms with van der Waals surface area (Å²) < 4.78 is 18.3. The van der Waals surface area contributed by atoms with E-state index in [9.17, 15) is 9.59 Å². The number of carbonyl (C=O) groups excluding carboxylic acids is 2. The second-order valence-electron chi connectivity index (χ2n) is 5.99. The van der Waals surface area contributed by atoms with Gasteiger partial charge in [0.05, 0.1) is 30.5 Å². The van der Waals surface area contributed by atoms with Gasteiger partial charge >= 0.3 is 5.97 Å². The lowest BCUT2D eigenvalue weighted by molar-refractivity contribution is -0.143. The van der Waals surface area contributed by atoms with Gasteiger partial charge in [0.1, 0.15) is 18.0 Å². The Bertz CT molecular complexity index is 1100. The summed E-state index contributed by atoms with van der Waals surface area (Å²) in [6, 6.07) is 12.3. The number of rotatable bonds is 7. The molecule has 0 aliphatic heterocycles. The lowest BCUT2D eigenvalue weighted by atomic mass is 10.2. The van der Waals surface area contributed by atoms with Gasteiger partial charge in [-0.2, -0.15) is 4.99 Å². The maximum atomic E-state index is 12.7. The third kappa shape index (κ3) is 4.83. The molecule has 0 aliphatic carbocycles. The first-order valence-electron chi connectivity index (χ1n) is 9.20. The van der Waals surface area contributed by atoms with Crippen LogP contribution < -0.4 is 14.3 Å². The van der Waals surface area contributed by atoms with E-state index in [0.717, 1.165) is 16.0 Å². The number of nitrogens with zero attached hydrogens (tertiary/aromatic N) is 2. The van der Waals surface area contributed by atoms with Gasteiger partial charge in [0.15, 0.2) is 4.80 Å². The number of fused-ring (bicyclic) bond motifs is 1. The number of carbonyl (C=O) groups is 2. The summed E-state index contributed by atoms with van der Waals surface area (Å²) in [5, 5.41) is 0. The lowest BCUT2D eigenvalue weighted by Crippen LogP contribution is -2.23. The van der Waals surface area contributed by atoms with Crippen LogP contribution in [0.2, 0.25) is 0 Å². The van der Waals surface area contributed by atoms with Crippen molar-refractivity contribution >= 4 is 33.4 Å². The standard InChI is InChI=1S/C21H22N2O5S/c1-4-27-16-9-10-17-18(12-16)29-21(23(17)13-19(24)28-5-2)22-20(25)14-7-6-8-15(11-14)26-3/h6-12H,4-5,13H2,1-3H3. The Labute approximate surface area is 172 Å². The molecule has 3 aromatic rings. The summed E-state index contributed by atoms with van der Waals surface area (Å²) >= 11 is 1.31. The Kier molecular flexibility index (Phi) is 6.66. The summed E-state index contributed by atoms with van der Waals surface area (Å²) in [5.41, 5.74) is 1.18. The number of methoxy groups -OCH3 is 1. The maximum Gasteiger partial charge on any atom is 0.326 e. The number of hydrogen-bond donors (Lipinski definition) is 0. The molecular weight excluding hydrogens is 392 g/mol. The van der Waals surface area contributed by atoms with Gasteiger partial charge in [0.25, 0.3) is 5.91 Å². The molecule has 152 valence electrons. The molecule has 0 fully saturated rings. The van der Waals surface area contributed by atoms with Gasteiger partial charge in [-0.25, -0.2) is 0 Å². The maximum absolute atomic E-state index is 12.7. The molecule has 0 atom stereocenters. The van der Waals surface area contributed by atoms with E-state index in [4.69, 9.17) is 14.2 Å². The normalized spacial score (nSPS) is 11.5. The Morgan fingerprint density at radius 3 is 2.62 bits per heavy atom. The van der Waals surface area contributed by atoms with E-state index in [-0.39, 0.29) is 13.2 Å². The first-order valence-corrected chi connectivity index (χ1v) is 10.0. The fourth-order valence-electron chi connectivity index (χ4n) is 2.79. The summed E-state index contributed by atoms with van der Waals surface area (Å²) in [6.07, 6.45) is 0. The number of aromatic nitrogens is 1. The van der Waals surface area contributed by atoms with Gasteiger partial charge in [-0.15, -0.1) is 0 Å². The van der Waals surface area contributed by atoms with Crippen molar-refractivity contribution in [2.75, 3.05) is 20.3 Å². The Morgan fingerprint density at radius 1 is 1.07 bits per heavy atom. The minimum absolute atomic E-state index is 0.0357. The summed E-state index contributed by atoms with van der Waals surface area (Å²) in [5.74, 6) is 0.479. The molecule has 0 radical (unpaired) electrons. The average Bonchev–Trinajstić information content (AvgIpc) is 3.04. The summed E-state index contributed by atoms with van der Waals surface area (Å²) in [6.45, 7) is 4.45. The van der Waals surface area contributed by atoms with Crippen molar-refractivity contribution in [1.29, 1.82) is 0 Å². The van der Waals surface area contributed by atoms with Crippen LogP contribution in [0.4, 0.5) is 0 Å². The number of hydrogen-bond acceptors (Lipinski definition) is 6. The largest absolute Gasteiger partial charge is 0.497 e. The first kappa shape index (κ1) is 20.6. The number of thiazole rings is 1. The van der Waals surface area contributed by atoms with Gasteiger partial charge < -0.3 is 18.8 Å². The number of benzene rings is 2. The molecule has 3 rings (SSSR count). The van der Waals surface area contributed by atoms with E-state index in [0.29, 0.717) is 22.7 Å². The highest BCUT2D eigenvalue weighted by Crippen LogP contribution is 2.24. The van der Waals surface area contributed by atoms with Crippen LogP contribution in [0.5, 0.6) is 11.5 Å². The van der Waals surface area contributed by atoms with E-state index in [1.165, 1.54) is 18.4 Å². The smallest absolute Gasteiger partial charge is 0.326 e. The first-order chi connectivity index (χ1) is 14.0. The molecule has 0 bridgehead atoms. The van der Waals surface area contributed by atoms with Gasteiger partial charge in [-0.3, -0.25) is 9.59 Å². The predicted octanol–water partition coefficient (Wildman–Crippen LogP) is 3.41. The fourth-order valence-corrected chi connectivity index (χ4v) is 3.85. The SMILES string of the molecule is CCOC(=O)Cn1c(=NC(=O)c2cccc(OC)c2)sc2cc(OCC)ccc21. The van der Waals surface area contributed by atoms with Crippen molar-refractivity contribution in [2.45, 2.75) is 20.4 Å². The van der Waals surface area contributed by atoms with Crippen molar-refractivity contribution in [3.63, 3.8) is 0 Å². The molecular formula is C21H22N2O5S. The van der Waals surface area contributed by atoms with Crippen molar-refractivity contribution in [2.24, 2.45) is 4.99 Å². The summed E-state index contributed by atoms with van der Waals surface area (Å²) in [4.78, 5) is 29.5. The van der Waals surface area contributed by atoms with E-state index in [1.807, 2.05) is 25.1 Å². The third-order valence-electron chi connectivity index (χ3n) is 4.07. The molecule has 8 heteroatoms. The van der Waals surface area contributed by atoms with Crippen LogP contribution >= 0.6 is 11.3 Å². The van der Waals surface area contributed by atoms with Crippen LogP contribution in [0, 0.1) is 0 Å². The number of esters is 1. The molecule has 29 heavy (non-hydrogen) atoms. The topological polar surface area (TPSA) is 79.1 Å². The van der Waals surface area contributed by atoms with Gasteiger partial charge in [-0.1, -0.05) is 17.4 Å². The van der Waals surface area contributed by atoms with Crippen molar-refractivity contribution in [3.8, 4) is 11.5 Å². The molecule has 1 aromatic heterocycles. The van der Waals surface area contributed by atoms with Crippen LogP contribution in [0.15, 0.2) is 47.5 Å². The zero-order chi connectivity index (χ0) is 20.8. The number of amides is 1. The van der Waals surface area contributed by atoms with Crippen LogP contribution in [-0.4, -0.2) is 36.8 Å². The van der Waals surface area contributed by atoms with Crippen molar-refractivity contribution < 1.29 is 23.8 Å². The molecule has 7 nitrogen and oxygen atoms in total. The van der Waals surface area contributed by atoms with Crippen LogP contribution in [0.25, 0.3) is 10.2 Å². The fraction of sp³-hybridized carbons (Fsp3) is 0.286. The Morgan fingerprint density at radius 2 is 1.90 bits per heavy atom. The van der Waals surface area contributed by atoms with Crippen LogP contribution in [0.3, 0.4) is 0 Å². The van der Waals surface area contributed by atoms with Gasteiger partial charge in [-0.05, 0) is 50.2 Å². The molecule has 0 spiro atoms. The monoisotopic (exact) mass is 414 g/mol. The molecule has 0 aliphatic rings. The molecule has 0 unspecified atom stereocenters. The second kappa shape index (κ2) is 9.38. The molecule has 0 saturated heterocycles. The number of ether oxygens (including phenoxy) is 3. The molecule has 1 heterocycles. The second-order valence-corrected chi connectivity index (χ2v) is 7.00. The van der Waals surface area contributed by atoms with Gasteiger partial charge in [0.2, 0.25) is 0 Å². The zero-order valence-electron chi connectivity index (χ0n) is 16.5. The zero-order valence-corrected chi connectivity index (χ0v) is 17.3. The van der Waals surface area contributed by atoms with Crippen LogP contribution in [-0.2, 0) is 16.1 Å². The predicted molar refractivity (Wildman–Crippen MR) is 111 cm³/mol. The van der Waals surface area contributed by atoms with Crippen LogP contribution in [0.1, 0.15) is 24.2 Å². The Hall–Kier alpha value is -3.13. The van der Waals surface area contributed by atoms with E-state index < -0.39 is 11.9 Å². The minimum atomic E-state index is -0.418. The van der Waals surface area contributed by atoms with Gasteiger partial charge in [0, 0.05) is 5.56 Å². The third-order valence-corrected chi connectivity index (χ3v) is 5.11. The molecule has 0 saturated carbocycles. The average molecular weight is 414 g/mol. The minimum Gasteiger partial charge on any atom is -0.497 e.